The number of aromatic nitrogens is 3. The van der Waals surface area contributed by atoms with Crippen molar-refractivity contribution >= 4 is 33.4 Å². The van der Waals surface area contributed by atoms with Gasteiger partial charge in [0.2, 0.25) is 0 Å². The molecule has 3 aromatic heterocycles. The Kier molecular flexibility index (Phi) is 3.42. The predicted octanol–water partition coefficient (Wildman–Crippen LogP) is 1.87. The van der Waals surface area contributed by atoms with Gasteiger partial charge in [0.05, 0.1) is 29.8 Å². The number of hydrogen-bond acceptors (Lipinski definition) is 6. The Hall–Kier alpha value is -2.93. The SMILES string of the molecule is COc1cc2nc3s/c(=C/c4ccncc4)c(=O)n3c2cc1OC. The summed E-state index contributed by atoms with van der Waals surface area (Å²) in [4.78, 5) is 21.9. The summed E-state index contributed by atoms with van der Waals surface area (Å²) < 4.78 is 12.8. The average molecular weight is 339 g/mol. The van der Waals surface area contributed by atoms with E-state index in [1.165, 1.54) is 11.3 Å². The van der Waals surface area contributed by atoms with Crippen LogP contribution in [0.1, 0.15) is 5.56 Å². The Morgan fingerprint density at radius 1 is 1.12 bits per heavy atom. The molecule has 120 valence electrons. The number of nitrogens with zero attached hydrogens (tertiary/aromatic N) is 3. The third kappa shape index (κ3) is 2.21. The first-order valence-electron chi connectivity index (χ1n) is 7.20. The number of thiazole rings is 1. The van der Waals surface area contributed by atoms with Crippen LogP contribution in [0.5, 0.6) is 11.5 Å². The highest BCUT2D eigenvalue weighted by molar-refractivity contribution is 7.15. The summed E-state index contributed by atoms with van der Waals surface area (Å²) in [7, 11) is 3.14. The molecule has 0 atom stereocenters. The van der Waals surface area contributed by atoms with Crippen LogP contribution in [-0.4, -0.2) is 28.6 Å². The van der Waals surface area contributed by atoms with Crippen molar-refractivity contribution in [2.24, 2.45) is 0 Å². The molecule has 0 aliphatic carbocycles. The summed E-state index contributed by atoms with van der Waals surface area (Å²) >= 11 is 1.35. The fourth-order valence-electron chi connectivity index (χ4n) is 2.60. The van der Waals surface area contributed by atoms with Crippen LogP contribution in [0.15, 0.2) is 41.5 Å². The van der Waals surface area contributed by atoms with Crippen molar-refractivity contribution in [3.05, 3.63) is 57.1 Å². The summed E-state index contributed by atoms with van der Waals surface area (Å²) in [6.07, 6.45) is 5.24. The first-order valence-corrected chi connectivity index (χ1v) is 8.01. The van der Waals surface area contributed by atoms with Gasteiger partial charge in [-0.1, -0.05) is 11.3 Å². The Morgan fingerprint density at radius 2 is 1.83 bits per heavy atom. The maximum absolute atomic E-state index is 12.8. The third-order valence-corrected chi connectivity index (χ3v) is 4.72. The van der Waals surface area contributed by atoms with Gasteiger partial charge in [-0.05, 0) is 23.8 Å². The summed E-state index contributed by atoms with van der Waals surface area (Å²) in [5.41, 5.74) is 2.24. The van der Waals surface area contributed by atoms with Crippen LogP contribution in [0, 0.1) is 0 Å². The predicted molar refractivity (Wildman–Crippen MR) is 93.0 cm³/mol. The maximum atomic E-state index is 12.8. The Balaban J connectivity index is 2.00. The highest BCUT2D eigenvalue weighted by Crippen LogP contribution is 2.32. The van der Waals surface area contributed by atoms with Crippen molar-refractivity contribution in [2.75, 3.05) is 14.2 Å². The maximum Gasteiger partial charge on any atom is 0.274 e. The Morgan fingerprint density at radius 3 is 2.54 bits per heavy atom. The molecule has 0 fully saturated rings. The van der Waals surface area contributed by atoms with E-state index in [1.807, 2.05) is 18.2 Å². The third-order valence-electron chi connectivity index (χ3n) is 3.75. The summed E-state index contributed by atoms with van der Waals surface area (Å²) in [5, 5.41) is 0. The van der Waals surface area contributed by atoms with Gasteiger partial charge in [0.25, 0.3) is 5.56 Å². The molecule has 0 unspecified atom stereocenters. The van der Waals surface area contributed by atoms with Crippen molar-refractivity contribution in [3.8, 4) is 11.5 Å². The summed E-state index contributed by atoms with van der Waals surface area (Å²) in [5.74, 6) is 1.16. The molecule has 0 amide bonds. The van der Waals surface area contributed by atoms with Gasteiger partial charge in [0.15, 0.2) is 16.5 Å². The quantitative estimate of drug-likeness (QED) is 0.570. The first-order chi connectivity index (χ1) is 11.7. The molecule has 7 heteroatoms. The van der Waals surface area contributed by atoms with E-state index in [-0.39, 0.29) is 5.56 Å². The van der Waals surface area contributed by atoms with E-state index in [1.54, 1.807) is 43.1 Å². The standard InChI is InChI=1S/C17H13N3O3S/c1-22-13-8-11-12(9-14(13)23-2)20-16(21)15(24-17(20)19-11)7-10-3-5-18-6-4-10/h3-9H,1-2H3/b15-7+. The van der Waals surface area contributed by atoms with Gasteiger partial charge in [-0.3, -0.25) is 9.78 Å². The lowest BCUT2D eigenvalue weighted by Gasteiger charge is -2.06. The normalized spacial score (nSPS) is 12.2. The lowest BCUT2D eigenvalue weighted by Crippen LogP contribution is -2.22. The second-order valence-electron chi connectivity index (χ2n) is 5.12. The van der Waals surface area contributed by atoms with Gasteiger partial charge in [0.1, 0.15) is 0 Å². The van der Waals surface area contributed by atoms with Crippen molar-refractivity contribution in [1.29, 1.82) is 0 Å². The van der Waals surface area contributed by atoms with Gasteiger partial charge >= 0.3 is 0 Å². The molecule has 0 spiro atoms. The molecular weight excluding hydrogens is 326 g/mol. The van der Waals surface area contributed by atoms with Gasteiger partial charge < -0.3 is 9.47 Å². The zero-order valence-corrected chi connectivity index (χ0v) is 13.8. The molecular formula is C17H13N3O3S. The molecule has 0 radical (unpaired) electrons. The van der Waals surface area contributed by atoms with Crippen LogP contribution < -0.4 is 19.6 Å². The Bertz CT molecular complexity index is 1150. The molecule has 0 saturated heterocycles. The van der Waals surface area contributed by atoms with E-state index in [2.05, 4.69) is 9.97 Å². The van der Waals surface area contributed by atoms with Crippen molar-refractivity contribution in [2.45, 2.75) is 0 Å². The van der Waals surface area contributed by atoms with Crippen LogP contribution >= 0.6 is 11.3 Å². The lowest BCUT2D eigenvalue weighted by atomic mass is 10.2. The Labute approximate surface area is 140 Å². The van der Waals surface area contributed by atoms with Gasteiger partial charge in [0, 0.05) is 24.5 Å². The van der Waals surface area contributed by atoms with E-state index < -0.39 is 0 Å². The minimum absolute atomic E-state index is 0.0958. The molecule has 4 rings (SSSR count). The second kappa shape index (κ2) is 5.61. The number of imidazole rings is 1. The number of pyridine rings is 1. The zero-order valence-electron chi connectivity index (χ0n) is 13.0. The number of ether oxygens (including phenoxy) is 2. The van der Waals surface area contributed by atoms with Crippen LogP contribution in [-0.2, 0) is 0 Å². The molecule has 0 bridgehead atoms. The minimum Gasteiger partial charge on any atom is -0.493 e. The minimum atomic E-state index is -0.0958. The number of rotatable bonds is 3. The molecule has 1 aromatic carbocycles. The number of methoxy groups -OCH3 is 2. The fourth-order valence-corrected chi connectivity index (χ4v) is 3.59. The lowest BCUT2D eigenvalue weighted by molar-refractivity contribution is 0.355. The smallest absolute Gasteiger partial charge is 0.274 e. The topological polar surface area (TPSA) is 65.7 Å². The molecule has 0 N–H and O–H groups in total. The van der Waals surface area contributed by atoms with E-state index >= 15 is 0 Å². The number of fused-ring (bicyclic) bond motifs is 3. The fraction of sp³-hybridized carbons (Fsp3) is 0.118. The van der Waals surface area contributed by atoms with Gasteiger partial charge in [-0.25, -0.2) is 9.38 Å². The molecule has 3 heterocycles. The summed E-state index contributed by atoms with van der Waals surface area (Å²) in [6, 6.07) is 7.26. The van der Waals surface area contributed by atoms with Crippen molar-refractivity contribution in [3.63, 3.8) is 0 Å². The monoisotopic (exact) mass is 339 g/mol. The highest BCUT2D eigenvalue weighted by Gasteiger charge is 2.15. The summed E-state index contributed by atoms with van der Waals surface area (Å²) in [6.45, 7) is 0. The van der Waals surface area contributed by atoms with E-state index in [0.717, 1.165) is 5.56 Å². The number of hydrogen-bond donors (Lipinski definition) is 0. The van der Waals surface area contributed by atoms with Crippen LogP contribution in [0.4, 0.5) is 0 Å². The van der Waals surface area contributed by atoms with E-state index in [9.17, 15) is 4.79 Å². The van der Waals surface area contributed by atoms with Crippen LogP contribution in [0.25, 0.3) is 22.1 Å². The van der Waals surface area contributed by atoms with Crippen LogP contribution in [0.2, 0.25) is 0 Å². The van der Waals surface area contributed by atoms with Crippen LogP contribution in [0.3, 0.4) is 0 Å². The van der Waals surface area contributed by atoms with Gasteiger partial charge in [-0.2, -0.15) is 0 Å². The molecule has 0 saturated carbocycles. The highest BCUT2D eigenvalue weighted by atomic mass is 32.1. The molecule has 0 aliphatic heterocycles. The van der Waals surface area contributed by atoms with E-state index in [0.29, 0.717) is 32.0 Å². The van der Waals surface area contributed by atoms with E-state index in [4.69, 9.17) is 9.47 Å². The number of benzene rings is 1. The average Bonchev–Trinajstić information content (AvgIpc) is 3.10. The largest absolute Gasteiger partial charge is 0.493 e. The molecule has 24 heavy (non-hydrogen) atoms. The molecule has 4 aromatic rings. The zero-order chi connectivity index (χ0) is 16.7. The van der Waals surface area contributed by atoms with Gasteiger partial charge in [-0.15, -0.1) is 0 Å². The van der Waals surface area contributed by atoms with Crippen molar-refractivity contribution < 1.29 is 9.47 Å². The van der Waals surface area contributed by atoms with Crippen molar-refractivity contribution in [1.82, 2.24) is 14.4 Å². The first kappa shape index (κ1) is 14.6. The second-order valence-corrected chi connectivity index (χ2v) is 6.13. The molecule has 6 nitrogen and oxygen atoms in total. The molecule has 0 aliphatic rings.